The Morgan fingerprint density at radius 2 is 0.671 bits per heavy atom. The number of ether oxygens (including phenoxy) is 18. The standard InChI is InChI=1S/C48H74O37/c49-1-10(54)19(56)31(11(55)2-50)79-46-28(65)39-32(16(76-46)7-69-39)80-44-26(63)37(21(58)13(4-52)73-44)84-48-30(67)41-34(18(78-48)9-71-41)82-45-27(64)38(22(59)14(5-53)74-45)85-47-29(66)40-33(17(77-47)8-70-40)81-43-25(62)36(20(57)12(3-51)72-43)83-42-24(61)35-23(60)15(75-42)6-68-35/h2,10-49,51-67H,1,3-9H2/t10-,11+,12-,13-,14-,15+,16+,17+,18+,19+,20+,21+,22+,23-,24+,25-,26-,27-,28+,29+,30+,31-,32-,33-,34-,35-,36+,37+,38+,39+,40+,41+,42+,43+,44+,45+,46+,47+,48+/m1/s1. The van der Waals surface area contributed by atoms with Crippen LogP contribution in [0.5, 0.6) is 0 Å². The molecule has 11 heterocycles. The van der Waals surface area contributed by atoms with E-state index in [-0.39, 0.29) is 32.7 Å². The van der Waals surface area contributed by atoms with Gasteiger partial charge in [-0.3, -0.25) is 0 Å². The van der Waals surface area contributed by atoms with Crippen LogP contribution >= 0.6 is 0 Å². The van der Waals surface area contributed by atoms with Gasteiger partial charge in [0.1, 0.15) is 195 Å². The average Bonchev–Trinajstić information content (AvgIpc) is 3.17. The van der Waals surface area contributed by atoms with Crippen LogP contribution in [0, 0.1) is 0 Å². The fraction of sp³-hybridized carbons (Fsp3) is 0.979. The van der Waals surface area contributed by atoms with Gasteiger partial charge < -0.3 is 182 Å². The summed E-state index contributed by atoms with van der Waals surface area (Å²) >= 11 is 0. The van der Waals surface area contributed by atoms with Gasteiger partial charge in [0.15, 0.2) is 50.3 Å². The fourth-order valence-corrected chi connectivity index (χ4v) is 12.5. The summed E-state index contributed by atoms with van der Waals surface area (Å²) in [6.45, 7) is -4.42. The molecule has 37 heteroatoms. The van der Waals surface area contributed by atoms with Crippen LogP contribution in [0.3, 0.4) is 0 Å². The first kappa shape index (κ1) is 64.7. The van der Waals surface area contributed by atoms with Gasteiger partial charge in [-0.25, -0.2) is 0 Å². The van der Waals surface area contributed by atoms with Crippen LogP contribution in [0.2, 0.25) is 0 Å². The number of hydrogen-bond donors (Lipinski definition) is 18. The molecule has 39 atom stereocenters. The van der Waals surface area contributed by atoms with Crippen molar-refractivity contribution in [2.45, 2.75) is 239 Å². The highest BCUT2D eigenvalue weighted by atomic mass is 16.8. The molecule has 0 aliphatic carbocycles. The van der Waals surface area contributed by atoms with Crippen LogP contribution in [0.1, 0.15) is 0 Å². The minimum absolute atomic E-state index is 0.0168. The Hall–Kier alpha value is -1.77. The summed E-state index contributed by atoms with van der Waals surface area (Å²) in [5.41, 5.74) is 0. The van der Waals surface area contributed by atoms with Gasteiger partial charge in [-0.05, 0) is 0 Å². The highest BCUT2D eigenvalue weighted by molar-refractivity contribution is 5.56. The summed E-state index contributed by atoms with van der Waals surface area (Å²) < 4.78 is 105. The smallest absolute Gasteiger partial charge is 0.187 e. The van der Waals surface area contributed by atoms with E-state index in [4.69, 9.17) is 85.3 Å². The summed E-state index contributed by atoms with van der Waals surface area (Å²) in [4.78, 5) is 11.4. The van der Waals surface area contributed by atoms with Crippen molar-refractivity contribution >= 4 is 6.29 Å². The van der Waals surface area contributed by atoms with Crippen molar-refractivity contribution in [3.63, 3.8) is 0 Å². The molecule has 0 unspecified atom stereocenters. The predicted molar refractivity (Wildman–Crippen MR) is 252 cm³/mol. The van der Waals surface area contributed by atoms with Gasteiger partial charge >= 0.3 is 0 Å². The van der Waals surface area contributed by atoms with E-state index in [0.717, 1.165) is 0 Å². The van der Waals surface area contributed by atoms with Crippen molar-refractivity contribution in [3.05, 3.63) is 0 Å². The predicted octanol–water partition coefficient (Wildman–Crippen LogP) is -14.4. The molecule has 11 fully saturated rings. The first-order valence-corrected chi connectivity index (χ1v) is 27.7. The third-order valence-electron chi connectivity index (χ3n) is 17.2. The van der Waals surface area contributed by atoms with Gasteiger partial charge in [0.2, 0.25) is 0 Å². The fourth-order valence-electron chi connectivity index (χ4n) is 12.5. The Kier molecular flexibility index (Phi) is 20.4. The molecule has 0 aromatic heterocycles. The first-order chi connectivity index (χ1) is 40.7. The largest absolute Gasteiger partial charge is 0.394 e. The third-order valence-corrected chi connectivity index (χ3v) is 17.2. The lowest BCUT2D eigenvalue weighted by Crippen LogP contribution is -2.66. The van der Waals surface area contributed by atoms with Crippen LogP contribution in [0.4, 0.5) is 0 Å². The van der Waals surface area contributed by atoms with Gasteiger partial charge in [0.25, 0.3) is 0 Å². The van der Waals surface area contributed by atoms with E-state index in [1.54, 1.807) is 0 Å². The number of rotatable bonds is 22. The number of aldehydes is 1. The maximum atomic E-state index is 11.7. The van der Waals surface area contributed by atoms with Crippen LogP contribution in [0.25, 0.3) is 0 Å². The van der Waals surface area contributed by atoms with Crippen molar-refractivity contribution in [1.29, 1.82) is 0 Å². The van der Waals surface area contributed by atoms with Crippen LogP contribution in [-0.4, -0.2) is 390 Å². The van der Waals surface area contributed by atoms with Gasteiger partial charge in [0, 0.05) is 0 Å². The summed E-state index contributed by atoms with van der Waals surface area (Å²) in [5.74, 6) is 0. The number of carbonyl (C=O) groups is 1. The molecular formula is C48H74O37. The molecule has 11 saturated heterocycles. The maximum absolute atomic E-state index is 11.7. The normalized spacial score (nSPS) is 53.6. The number of aliphatic hydroxyl groups excluding tert-OH is 18. The molecule has 0 saturated carbocycles. The SMILES string of the molecule is O=C[C@H](O)[C@@H](O[C@@H]1O[C@H]2CO[C@@H]([C@@H]1O)[C@@H]2O[C@@H]1O[C@H](CO)[C@H](O)[C@H](O[C@@H]2O[C@H]3CO[C@@H]([C@@H]2O)[C@@H]3O[C@@H]2O[C@H](CO)[C@H](O)[C@H](O[C@@H]3O[C@H]4CO[C@@H]([C@@H]3O)[C@@H]4O[C@@H]3O[C@H](CO)[C@H](O)[C@H](O[C@@H]4O[C@H]5CO[C@@H]([C@@H]4O)[C@@H]5O)[C@H]3O)[C@H]2O)[C@H]1O)[C@@H](O)[C@H](O)CO. The lowest BCUT2D eigenvalue weighted by Gasteiger charge is -2.48. The molecule has 0 amide bonds. The van der Waals surface area contributed by atoms with Gasteiger partial charge in [-0.15, -0.1) is 0 Å². The monoisotopic (exact) mass is 1240 g/mol. The van der Waals surface area contributed by atoms with E-state index >= 15 is 0 Å². The van der Waals surface area contributed by atoms with Crippen LogP contribution in [-0.2, 0) is 90.1 Å². The minimum atomic E-state index is -2.06. The molecule has 0 aromatic carbocycles. The van der Waals surface area contributed by atoms with Gasteiger partial charge in [-0.2, -0.15) is 0 Å². The summed E-state index contributed by atoms with van der Waals surface area (Å²) in [6.07, 6.45) is -62.1. The second kappa shape index (κ2) is 26.8. The second-order valence-electron chi connectivity index (χ2n) is 22.5. The Bertz CT molecular complexity index is 2180. The lowest BCUT2D eigenvalue weighted by molar-refractivity contribution is -0.383. The van der Waals surface area contributed by atoms with Crippen molar-refractivity contribution in [3.8, 4) is 0 Å². The highest BCUT2D eigenvalue weighted by Gasteiger charge is 2.62. The summed E-state index contributed by atoms with van der Waals surface area (Å²) in [6, 6.07) is 0. The molecule has 85 heavy (non-hydrogen) atoms. The minimum Gasteiger partial charge on any atom is -0.394 e. The van der Waals surface area contributed by atoms with Crippen molar-refractivity contribution < 1.29 is 182 Å². The van der Waals surface area contributed by atoms with E-state index in [2.05, 4.69) is 0 Å². The highest BCUT2D eigenvalue weighted by Crippen LogP contribution is 2.42. The lowest BCUT2D eigenvalue weighted by atomic mass is 9.96. The Morgan fingerprint density at radius 3 is 1.04 bits per heavy atom. The number of fused-ring (bicyclic) bond motifs is 8. The number of hydrogen-bond acceptors (Lipinski definition) is 37. The molecule has 18 N–H and O–H groups in total. The molecule has 11 aliphatic heterocycles. The quantitative estimate of drug-likeness (QED) is 0.0448. The summed E-state index contributed by atoms with van der Waals surface area (Å²) in [7, 11) is 0. The van der Waals surface area contributed by atoms with Crippen LogP contribution in [0.15, 0.2) is 0 Å². The van der Waals surface area contributed by atoms with Gasteiger partial charge in [0.05, 0.1) is 52.9 Å². The van der Waals surface area contributed by atoms with Crippen molar-refractivity contribution in [2.75, 3.05) is 52.9 Å². The van der Waals surface area contributed by atoms with E-state index in [1.165, 1.54) is 0 Å². The number of carbonyl (C=O) groups excluding carboxylic acids is 1. The molecule has 11 rings (SSSR count). The number of aliphatic hydroxyl groups is 18. The van der Waals surface area contributed by atoms with Crippen molar-refractivity contribution in [1.82, 2.24) is 0 Å². The molecule has 0 radical (unpaired) electrons. The molecule has 488 valence electrons. The van der Waals surface area contributed by atoms with E-state index < -0.39 is 266 Å². The Labute approximate surface area is 479 Å². The molecule has 11 aliphatic rings. The zero-order chi connectivity index (χ0) is 60.6. The molecule has 0 aromatic rings. The van der Waals surface area contributed by atoms with Gasteiger partial charge in [-0.1, -0.05) is 0 Å². The van der Waals surface area contributed by atoms with E-state index in [1.807, 2.05) is 0 Å². The average molecular weight is 1240 g/mol. The molecule has 0 spiro atoms. The molecular weight excluding hydrogens is 1170 g/mol. The Morgan fingerprint density at radius 1 is 0.365 bits per heavy atom. The van der Waals surface area contributed by atoms with Crippen LogP contribution < -0.4 is 0 Å². The Balaban J connectivity index is 0.702. The van der Waals surface area contributed by atoms with E-state index in [0.29, 0.717) is 0 Å². The topological polar surface area (TPSA) is 547 Å². The third kappa shape index (κ3) is 12.2. The van der Waals surface area contributed by atoms with Crippen molar-refractivity contribution in [2.24, 2.45) is 0 Å². The summed E-state index contributed by atoms with van der Waals surface area (Å²) in [5, 5.41) is 194. The zero-order valence-electron chi connectivity index (χ0n) is 44.6. The second-order valence-corrected chi connectivity index (χ2v) is 22.5. The zero-order valence-corrected chi connectivity index (χ0v) is 44.6. The molecule has 37 nitrogen and oxygen atoms in total. The maximum Gasteiger partial charge on any atom is 0.187 e. The first-order valence-electron chi connectivity index (χ1n) is 27.7. The van der Waals surface area contributed by atoms with E-state index in [9.17, 15) is 96.7 Å². The molecule has 8 bridgehead atoms.